The number of benzene rings is 1. The summed E-state index contributed by atoms with van der Waals surface area (Å²) in [5.41, 5.74) is 1.44. The van der Waals surface area contributed by atoms with Crippen molar-refractivity contribution in [1.29, 1.82) is 0 Å². The molecule has 0 amide bonds. The molecule has 0 saturated carbocycles. The van der Waals surface area contributed by atoms with Crippen molar-refractivity contribution in [2.24, 2.45) is 0 Å². The first-order valence-electron chi connectivity index (χ1n) is 5.88. The van der Waals surface area contributed by atoms with E-state index in [1.54, 1.807) is 4.68 Å². The molecule has 0 aliphatic heterocycles. The molecule has 0 spiro atoms. The van der Waals surface area contributed by atoms with Crippen molar-refractivity contribution in [2.75, 3.05) is 0 Å². The number of aromatic carboxylic acids is 1. The molecule has 0 aliphatic carbocycles. The summed E-state index contributed by atoms with van der Waals surface area (Å²) < 4.78 is 3.34. The van der Waals surface area contributed by atoms with Gasteiger partial charge in [-0.15, -0.1) is 11.3 Å². The van der Waals surface area contributed by atoms with E-state index >= 15 is 0 Å². The van der Waals surface area contributed by atoms with E-state index in [4.69, 9.17) is 0 Å². The van der Waals surface area contributed by atoms with Gasteiger partial charge in [-0.25, -0.2) is 9.48 Å². The van der Waals surface area contributed by atoms with Gasteiger partial charge >= 0.3 is 5.97 Å². The molecule has 0 atom stereocenters. The molecule has 0 radical (unpaired) electrons. The molecule has 21 heavy (non-hydrogen) atoms. The highest BCUT2D eigenvalue weighted by Gasteiger charge is 2.19. The van der Waals surface area contributed by atoms with E-state index in [0.29, 0.717) is 5.69 Å². The number of hydrogen-bond donors (Lipinski definition) is 1. The first-order chi connectivity index (χ1) is 10.1. The maximum absolute atomic E-state index is 11.5. The van der Waals surface area contributed by atoms with E-state index in [1.807, 2.05) is 35.7 Å². The van der Waals surface area contributed by atoms with Crippen LogP contribution in [0, 0.1) is 0 Å². The maximum atomic E-state index is 11.5. The number of para-hydroxylation sites is 1. The van der Waals surface area contributed by atoms with Crippen LogP contribution in [0.5, 0.6) is 0 Å². The number of rotatable bonds is 3. The Kier molecular flexibility index (Phi) is 3.97. The third-order valence-corrected chi connectivity index (χ3v) is 5.21. The van der Waals surface area contributed by atoms with Crippen molar-refractivity contribution >= 4 is 49.2 Å². The first-order valence-corrected chi connectivity index (χ1v) is 8.35. The van der Waals surface area contributed by atoms with Crippen LogP contribution in [0.4, 0.5) is 0 Å². The van der Waals surface area contributed by atoms with Gasteiger partial charge in [-0.1, -0.05) is 12.1 Å². The molecule has 0 bridgehead atoms. The SMILES string of the molecule is O=C(O)c1cn(-c2ccccc2Br)nc1-c1cc(Br)cs1. The van der Waals surface area contributed by atoms with Gasteiger partial charge in [0.15, 0.2) is 0 Å². The normalized spacial score (nSPS) is 10.8. The fourth-order valence-electron chi connectivity index (χ4n) is 1.91. The zero-order valence-corrected chi connectivity index (χ0v) is 14.4. The minimum absolute atomic E-state index is 0.181. The predicted molar refractivity (Wildman–Crippen MR) is 89.2 cm³/mol. The Morgan fingerprint density at radius 3 is 2.67 bits per heavy atom. The molecule has 0 saturated heterocycles. The zero-order valence-electron chi connectivity index (χ0n) is 10.5. The van der Waals surface area contributed by atoms with Gasteiger partial charge in [0.2, 0.25) is 0 Å². The van der Waals surface area contributed by atoms with Gasteiger partial charge in [0, 0.05) is 20.5 Å². The summed E-state index contributed by atoms with van der Waals surface area (Å²) in [4.78, 5) is 12.3. The van der Waals surface area contributed by atoms with Crippen LogP contribution in [0.3, 0.4) is 0 Å². The molecule has 2 heterocycles. The monoisotopic (exact) mass is 426 g/mol. The summed E-state index contributed by atoms with van der Waals surface area (Å²) in [5.74, 6) is -0.993. The van der Waals surface area contributed by atoms with Gasteiger partial charge in [-0.05, 0) is 50.1 Å². The summed E-state index contributed by atoms with van der Waals surface area (Å²) in [6.07, 6.45) is 1.53. The second-order valence-electron chi connectivity index (χ2n) is 4.22. The van der Waals surface area contributed by atoms with Crippen molar-refractivity contribution in [2.45, 2.75) is 0 Å². The minimum atomic E-state index is -0.993. The standard InChI is InChI=1S/C14H8Br2N2O2S/c15-8-5-12(21-7-8)13-9(14(19)20)6-18(17-13)11-4-2-1-3-10(11)16/h1-7H,(H,19,20). The molecule has 3 rings (SSSR count). The highest BCUT2D eigenvalue weighted by atomic mass is 79.9. The summed E-state index contributed by atoms with van der Waals surface area (Å²) >= 11 is 8.28. The van der Waals surface area contributed by atoms with Crippen LogP contribution in [-0.4, -0.2) is 20.9 Å². The van der Waals surface area contributed by atoms with Gasteiger partial charge in [0.25, 0.3) is 0 Å². The molecule has 0 aliphatic rings. The third-order valence-electron chi connectivity index (χ3n) is 2.84. The number of hydrogen-bond acceptors (Lipinski definition) is 3. The number of nitrogens with zero attached hydrogens (tertiary/aromatic N) is 2. The van der Waals surface area contributed by atoms with E-state index in [0.717, 1.165) is 19.5 Å². The highest BCUT2D eigenvalue weighted by molar-refractivity contribution is 9.10. The quantitative estimate of drug-likeness (QED) is 0.651. The lowest BCUT2D eigenvalue weighted by Crippen LogP contribution is -1.96. The Hall–Kier alpha value is -1.44. The zero-order chi connectivity index (χ0) is 15.0. The van der Waals surface area contributed by atoms with E-state index in [-0.39, 0.29) is 5.56 Å². The van der Waals surface area contributed by atoms with Crippen LogP contribution >= 0.6 is 43.2 Å². The molecule has 0 fully saturated rings. The topological polar surface area (TPSA) is 55.1 Å². The van der Waals surface area contributed by atoms with E-state index in [1.165, 1.54) is 17.5 Å². The van der Waals surface area contributed by atoms with Crippen molar-refractivity contribution < 1.29 is 9.90 Å². The molecule has 0 unspecified atom stereocenters. The van der Waals surface area contributed by atoms with E-state index < -0.39 is 5.97 Å². The lowest BCUT2D eigenvalue weighted by Gasteiger charge is -2.02. The molecule has 7 heteroatoms. The van der Waals surface area contributed by atoms with Gasteiger partial charge in [0.1, 0.15) is 11.3 Å². The highest BCUT2D eigenvalue weighted by Crippen LogP contribution is 2.32. The second-order valence-corrected chi connectivity index (χ2v) is 6.90. The Labute approximate surface area is 141 Å². The van der Waals surface area contributed by atoms with Gasteiger partial charge < -0.3 is 5.11 Å². The number of carboxylic acid groups (broad SMARTS) is 1. The molecule has 1 N–H and O–H groups in total. The first kappa shape index (κ1) is 14.5. The lowest BCUT2D eigenvalue weighted by molar-refractivity contribution is 0.0697. The smallest absolute Gasteiger partial charge is 0.339 e. The van der Waals surface area contributed by atoms with Gasteiger partial charge in [-0.3, -0.25) is 0 Å². The predicted octanol–water partition coefficient (Wildman–Crippen LogP) is 4.82. The third kappa shape index (κ3) is 2.81. The largest absolute Gasteiger partial charge is 0.478 e. The number of aromatic nitrogens is 2. The van der Waals surface area contributed by atoms with Crippen LogP contribution in [0.1, 0.15) is 10.4 Å². The molecule has 106 valence electrons. The maximum Gasteiger partial charge on any atom is 0.339 e. The minimum Gasteiger partial charge on any atom is -0.478 e. The summed E-state index contributed by atoms with van der Waals surface area (Å²) in [5, 5.41) is 15.7. The second kappa shape index (κ2) is 5.75. The number of halogens is 2. The number of thiophene rings is 1. The molecule has 3 aromatic rings. The van der Waals surface area contributed by atoms with Crippen LogP contribution < -0.4 is 0 Å². The Balaban J connectivity index is 2.18. The van der Waals surface area contributed by atoms with Crippen molar-refractivity contribution in [3.8, 4) is 16.3 Å². The van der Waals surface area contributed by atoms with Crippen LogP contribution in [0.25, 0.3) is 16.3 Å². The summed E-state index contributed by atoms with van der Waals surface area (Å²) in [7, 11) is 0. The van der Waals surface area contributed by atoms with Crippen LogP contribution in [0.2, 0.25) is 0 Å². The van der Waals surface area contributed by atoms with Gasteiger partial charge in [-0.2, -0.15) is 5.10 Å². The molecule has 1 aromatic carbocycles. The van der Waals surface area contributed by atoms with Gasteiger partial charge in [0.05, 0.1) is 10.6 Å². The summed E-state index contributed by atoms with van der Waals surface area (Å²) in [6, 6.07) is 9.40. The van der Waals surface area contributed by atoms with E-state index in [9.17, 15) is 9.90 Å². The van der Waals surface area contributed by atoms with Crippen LogP contribution in [0.15, 0.2) is 50.9 Å². The molecule has 2 aromatic heterocycles. The van der Waals surface area contributed by atoms with Crippen molar-refractivity contribution in [1.82, 2.24) is 9.78 Å². The van der Waals surface area contributed by atoms with Crippen LogP contribution in [-0.2, 0) is 0 Å². The molecule has 4 nitrogen and oxygen atoms in total. The molecular formula is C14H8Br2N2O2S. The summed E-state index contributed by atoms with van der Waals surface area (Å²) in [6.45, 7) is 0. The Bertz CT molecular complexity index is 826. The number of carboxylic acids is 1. The van der Waals surface area contributed by atoms with Crippen molar-refractivity contribution in [3.05, 3.63) is 56.4 Å². The van der Waals surface area contributed by atoms with E-state index in [2.05, 4.69) is 37.0 Å². The fraction of sp³-hybridized carbons (Fsp3) is 0. The average molecular weight is 428 g/mol. The Morgan fingerprint density at radius 1 is 1.29 bits per heavy atom. The fourth-order valence-corrected chi connectivity index (χ4v) is 3.80. The number of carbonyl (C=O) groups is 1. The molecular weight excluding hydrogens is 420 g/mol. The van der Waals surface area contributed by atoms with Crippen molar-refractivity contribution in [3.63, 3.8) is 0 Å². The lowest BCUT2D eigenvalue weighted by atomic mass is 10.2. The average Bonchev–Trinajstić information content (AvgIpc) is 3.05. The Morgan fingerprint density at radius 2 is 2.05 bits per heavy atom.